The Kier molecular flexibility index (Phi) is 1.53. The molecule has 1 N–H and O–H groups in total. The summed E-state index contributed by atoms with van der Waals surface area (Å²) in [6.07, 6.45) is 2.23. The molecule has 2 bridgehead atoms. The van der Waals surface area contributed by atoms with Crippen LogP contribution in [0.25, 0.3) is 0 Å². The van der Waals surface area contributed by atoms with Crippen molar-refractivity contribution in [2.75, 3.05) is 0 Å². The zero-order valence-electron chi connectivity index (χ0n) is 7.06. The van der Waals surface area contributed by atoms with E-state index >= 15 is 0 Å². The molecule has 13 heavy (non-hydrogen) atoms. The molecule has 0 unspecified atom stereocenters. The summed E-state index contributed by atoms with van der Waals surface area (Å²) in [5.41, 5.74) is -0.274. The first-order valence-corrected chi connectivity index (χ1v) is 4.29. The Balaban J connectivity index is 2.40. The van der Waals surface area contributed by atoms with Crippen molar-refractivity contribution in [3.63, 3.8) is 0 Å². The van der Waals surface area contributed by atoms with Crippen molar-refractivity contribution in [2.24, 2.45) is 22.4 Å². The molecule has 0 saturated heterocycles. The van der Waals surface area contributed by atoms with Gasteiger partial charge in [-0.25, -0.2) is 0 Å². The second kappa shape index (κ2) is 2.47. The van der Waals surface area contributed by atoms with Gasteiger partial charge in [0.15, 0.2) is 5.41 Å². The van der Waals surface area contributed by atoms with Gasteiger partial charge in [0, 0.05) is 5.92 Å². The van der Waals surface area contributed by atoms with Crippen LogP contribution in [0, 0.1) is 39.9 Å². The van der Waals surface area contributed by atoms with E-state index < -0.39 is 5.41 Å². The Labute approximate surface area is 76.1 Å². The molecule has 0 amide bonds. The molecular weight excluding hydrogens is 166 g/mol. The first-order valence-electron chi connectivity index (χ1n) is 4.29. The fourth-order valence-corrected chi connectivity index (χ4v) is 2.61. The van der Waals surface area contributed by atoms with Gasteiger partial charge >= 0.3 is 0 Å². The molecule has 0 aliphatic heterocycles. The first kappa shape index (κ1) is 8.07. The van der Waals surface area contributed by atoms with Crippen LogP contribution in [0.2, 0.25) is 0 Å². The van der Waals surface area contributed by atoms with Crippen LogP contribution in [0.15, 0.2) is 5.16 Å². The highest BCUT2D eigenvalue weighted by Gasteiger charge is 2.55. The topological polar surface area (TPSA) is 80.2 Å². The second-order valence-corrected chi connectivity index (χ2v) is 3.85. The van der Waals surface area contributed by atoms with Crippen LogP contribution in [0.4, 0.5) is 0 Å². The normalized spacial score (nSPS) is 37.2. The van der Waals surface area contributed by atoms with Gasteiger partial charge in [-0.15, -0.1) is 0 Å². The number of fused-ring (bicyclic) bond motifs is 2. The van der Waals surface area contributed by atoms with Crippen molar-refractivity contribution >= 4 is 5.71 Å². The van der Waals surface area contributed by atoms with Gasteiger partial charge in [-0.1, -0.05) is 5.16 Å². The fourth-order valence-electron chi connectivity index (χ4n) is 2.61. The van der Waals surface area contributed by atoms with E-state index in [4.69, 9.17) is 15.7 Å². The van der Waals surface area contributed by atoms with Crippen LogP contribution in [0.5, 0.6) is 0 Å². The minimum absolute atomic E-state index is 0.127. The molecule has 2 rings (SSSR count). The van der Waals surface area contributed by atoms with Crippen molar-refractivity contribution in [3.05, 3.63) is 0 Å². The van der Waals surface area contributed by atoms with E-state index in [9.17, 15) is 0 Å². The van der Waals surface area contributed by atoms with Crippen molar-refractivity contribution in [1.82, 2.24) is 0 Å². The molecule has 0 aromatic heterocycles. The lowest BCUT2D eigenvalue weighted by Gasteiger charge is -2.23. The predicted molar refractivity (Wildman–Crippen MR) is 43.7 cm³/mol. The number of nitriles is 2. The van der Waals surface area contributed by atoms with E-state index in [0.717, 1.165) is 12.8 Å². The van der Waals surface area contributed by atoms with Crippen LogP contribution in [0.3, 0.4) is 0 Å². The number of nitrogens with zero attached hydrogens (tertiary/aromatic N) is 3. The third-order valence-corrected chi connectivity index (χ3v) is 3.20. The van der Waals surface area contributed by atoms with Crippen LogP contribution in [-0.4, -0.2) is 10.9 Å². The summed E-state index contributed by atoms with van der Waals surface area (Å²) in [7, 11) is 0. The summed E-state index contributed by atoms with van der Waals surface area (Å²) in [5.74, 6) is 0.243. The third kappa shape index (κ3) is 0.860. The fraction of sp³-hybridized carbons (Fsp3) is 0.667. The Morgan fingerprint density at radius 1 is 1.46 bits per heavy atom. The molecule has 4 nitrogen and oxygen atoms in total. The van der Waals surface area contributed by atoms with Gasteiger partial charge in [0.2, 0.25) is 0 Å². The molecule has 0 aromatic carbocycles. The van der Waals surface area contributed by atoms with Crippen molar-refractivity contribution in [2.45, 2.75) is 19.3 Å². The standard InChI is InChI=1S/C9H9N3O/c10-4-9(5-11)3-6-1-7(9)8(2-6)12-13/h6-7,13H,1-3H2/b12-8+/t6-,7+/m0/s1. The summed E-state index contributed by atoms with van der Waals surface area (Å²) in [6.45, 7) is 0. The van der Waals surface area contributed by atoms with Crippen LogP contribution >= 0.6 is 0 Å². The van der Waals surface area contributed by atoms with E-state index in [1.54, 1.807) is 0 Å². The molecule has 0 heterocycles. The molecule has 0 aromatic rings. The van der Waals surface area contributed by atoms with Gasteiger partial charge in [0.1, 0.15) is 0 Å². The largest absolute Gasteiger partial charge is 0.411 e. The van der Waals surface area contributed by atoms with Gasteiger partial charge in [0.05, 0.1) is 17.9 Å². The van der Waals surface area contributed by atoms with Crippen LogP contribution in [0.1, 0.15) is 19.3 Å². The average Bonchev–Trinajstić information content (AvgIpc) is 2.73. The lowest BCUT2D eigenvalue weighted by Crippen LogP contribution is -2.30. The molecule has 66 valence electrons. The monoisotopic (exact) mass is 175 g/mol. The van der Waals surface area contributed by atoms with E-state index in [0.29, 0.717) is 18.1 Å². The van der Waals surface area contributed by atoms with E-state index in [-0.39, 0.29) is 5.92 Å². The molecule has 4 heteroatoms. The minimum Gasteiger partial charge on any atom is -0.411 e. The zero-order chi connectivity index (χ0) is 9.47. The van der Waals surface area contributed by atoms with Gasteiger partial charge < -0.3 is 5.21 Å². The molecular formula is C9H9N3O. The summed E-state index contributed by atoms with van der Waals surface area (Å²) >= 11 is 0. The van der Waals surface area contributed by atoms with Crippen molar-refractivity contribution < 1.29 is 5.21 Å². The van der Waals surface area contributed by atoms with Gasteiger partial charge in [-0.05, 0) is 25.2 Å². The van der Waals surface area contributed by atoms with Crippen LogP contribution in [-0.2, 0) is 0 Å². The summed E-state index contributed by atoms with van der Waals surface area (Å²) in [6, 6.07) is 4.14. The molecule has 0 spiro atoms. The first-order chi connectivity index (χ1) is 6.25. The number of hydrogen-bond donors (Lipinski definition) is 1. The van der Waals surface area contributed by atoms with Gasteiger partial charge in [0.25, 0.3) is 0 Å². The highest BCUT2D eigenvalue weighted by molar-refractivity contribution is 5.91. The Bertz CT molecular complexity index is 333. The summed E-state index contributed by atoms with van der Waals surface area (Å²) in [5, 5.41) is 29.7. The average molecular weight is 175 g/mol. The number of oxime groups is 1. The molecule has 2 aliphatic rings. The second-order valence-electron chi connectivity index (χ2n) is 3.85. The summed E-state index contributed by atoms with van der Waals surface area (Å²) < 4.78 is 0. The lowest BCUT2D eigenvalue weighted by atomic mass is 9.74. The Hall–Kier alpha value is -1.55. The maximum Gasteiger partial charge on any atom is 0.152 e. The molecule has 2 saturated carbocycles. The van der Waals surface area contributed by atoms with Gasteiger partial charge in [-0.2, -0.15) is 10.5 Å². The Morgan fingerprint density at radius 2 is 2.15 bits per heavy atom. The minimum atomic E-state index is -0.912. The molecule has 0 radical (unpaired) electrons. The molecule has 2 aliphatic carbocycles. The smallest absolute Gasteiger partial charge is 0.152 e. The zero-order valence-corrected chi connectivity index (χ0v) is 7.06. The highest BCUT2D eigenvalue weighted by Crippen LogP contribution is 2.53. The Morgan fingerprint density at radius 3 is 2.62 bits per heavy atom. The maximum absolute atomic E-state index is 8.94. The SMILES string of the molecule is N#CC1(C#N)C[C@@H]2C/C(=N\O)[C@H]1C2. The predicted octanol–water partition coefficient (Wildman–Crippen LogP) is 1.28. The van der Waals surface area contributed by atoms with Crippen molar-refractivity contribution in [1.29, 1.82) is 10.5 Å². The quantitative estimate of drug-likeness (QED) is 0.444. The van der Waals surface area contributed by atoms with E-state index in [1.807, 2.05) is 0 Å². The number of rotatable bonds is 0. The highest BCUT2D eigenvalue weighted by atomic mass is 16.4. The summed E-state index contributed by atoms with van der Waals surface area (Å²) in [4.78, 5) is 0. The molecule has 2 atom stereocenters. The third-order valence-electron chi connectivity index (χ3n) is 3.20. The van der Waals surface area contributed by atoms with E-state index in [2.05, 4.69) is 17.3 Å². The van der Waals surface area contributed by atoms with Gasteiger partial charge in [-0.3, -0.25) is 0 Å². The van der Waals surface area contributed by atoms with Crippen molar-refractivity contribution in [3.8, 4) is 12.1 Å². The number of hydrogen-bond acceptors (Lipinski definition) is 4. The van der Waals surface area contributed by atoms with Crippen LogP contribution < -0.4 is 0 Å². The maximum atomic E-state index is 8.94. The molecule has 2 fully saturated rings. The van der Waals surface area contributed by atoms with E-state index in [1.165, 1.54) is 0 Å². The lowest BCUT2D eigenvalue weighted by molar-refractivity contribution is 0.306.